The van der Waals surface area contributed by atoms with Gasteiger partial charge in [-0.05, 0) is 0 Å². The number of amides is 2. The van der Waals surface area contributed by atoms with Crippen LogP contribution in [0.2, 0.25) is 0 Å². The van der Waals surface area contributed by atoms with Crippen LogP contribution < -0.4 is 10.6 Å². The van der Waals surface area contributed by atoms with E-state index in [1.165, 1.54) is 0 Å². The van der Waals surface area contributed by atoms with Crippen LogP contribution in [0.3, 0.4) is 0 Å². The molecule has 0 saturated carbocycles. The van der Waals surface area contributed by atoms with Gasteiger partial charge in [0.2, 0.25) is 0 Å². The van der Waals surface area contributed by atoms with Crippen LogP contribution in [-0.4, -0.2) is 19.1 Å². The molecule has 3 heteroatoms. The van der Waals surface area contributed by atoms with Crippen molar-refractivity contribution in [3.63, 3.8) is 0 Å². The summed E-state index contributed by atoms with van der Waals surface area (Å²) in [5.74, 6) is 0. The number of nitrogens with one attached hydrogen (secondary N) is 2. The molecule has 2 N–H and O–H groups in total. The zero-order valence-electron chi connectivity index (χ0n) is 5.89. The molecule has 0 saturated heterocycles. The molecule has 0 spiro atoms. The molecule has 0 fully saturated rings. The number of carbonyl (C=O) groups is 1. The van der Waals surface area contributed by atoms with Gasteiger partial charge in [-0.2, -0.15) is 0 Å². The normalized spacial score (nSPS) is 8.00. The van der Waals surface area contributed by atoms with E-state index in [2.05, 4.69) is 23.8 Å². The Morgan fingerprint density at radius 2 is 1.60 bits per heavy atom. The Labute approximate surface area is 60.8 Å². The molecule has 0 radical (unpaired) electrons. The fourth-order valence-electron chi connectivity index (χ4n) is 0.392. The van der Waals surface area contributed by atoms with Gasteiger partial charge in [-0.25, -0.2) is 4.79 Å². The van der Waals surface area contributed by atoms with E-state index in [0.29, 0.717) is 13.1 Å². The number of urea groups is 1. The van der Waals surface area contributed by atoms with Crippen molar-refractivity contribution in [2.24, 2.45) is 0 Å². The maximum atomic E-state index is 10.6. The van der Waals surface area contributed by atoms with Crippen molar-refractivity contribution >= 4 is 6.03 Å². The predicted octanol–water partition coefficient (Wildman–Crippen LogP) is 0.658. The summed E-state index contributed by atoms with van der Waals surface area (Å²) in [7, 11) is 0. The molecule has 0 bridgehead atoms. The minimum atomic E-state index is -0.195. The van der Waals surface area contributed by atoms with E-state index < -0.39 is 0 Å². The molecule has 0 aliphatic rings. The number of rotatable bonds is 4. The summed E-state index contributed by atoms with van der Waals surface area (Å²) < 4.78 is 0. The first-order valence-corrected chi connectivity index (χ1v) is 3.04. The molecule has 0 aromatic rings. The molecule has 0 atom stereocenters. The highest BCUT2D eigenvalue weighted by Gasteiger charge is 1.91. The van der Waals surface area contributed by atoms with Gasteiger partial charge in [-0.3, -0.25) is 0 Å². The first kappa shape index (κ1) is 8.75. The van der Waals surface area contributed by atoms with Crippen LogP contribution >= 0.6 is 0 Å². The quantitative estimate of drug-likeness (QED) is 0.556. The van der Waals surface area contributed by atoms with Crippen LogP contribution in [-0.2, 0) is 0 Å². The topological polar surface area (TPSA) is 41.1 Å². The fraction of sp³-hybridized carbons (Fsp3) is 0.286. The van der Waals surface area contributed by atoms with E-state index in [1.54, 1.807) is 12.2 Å². The third-order valence-corrected chi connectivity index (χ3v) is 0.814. The first-order valence-electron chi connectivity index (χ1n) is 3.04. The Hall–Kier alpha value is -1.25. The van der Waals surface area contributed by atoms with E-state index in [1.807, 2.05) is 0 Å². The number of carbonyl (C=O) groups excluding carboxylic acids is 1. The van der Waals surface area contributed by atoms with E-state index in [9.17, 15) is 4.79 Å². The maximum Gasteiger partial charge on any atom is 0.315 e. The molecule has 0 aromatic carbocycles. The summed E-state index contributed by atoms with van der Waals surface area (Å²) in [5.41, 5.74) is 0. The van der Waals surface area contributed by atoms with Crippen molar-refractivity contribution in [3.8, 4) is 0 Å². The molecule has 0 aliphatic carbocycles. The Kier molecular flexibility index (Phi) is 5.14. The number of hydrogen-bond donors (Lipinski definition) is 2. The molecule has 3 nitrogen and oxygen atoms in total. The molecule has 0 unspecified atom stereocenters. The highest BCUT2D eigenvalue weighted by molar-refractivity contribution is 5.74. The summed E-state index contributed by atoms with van der Waals surface area (Å²) in [4.78, 5) is 10.6. The lowest BCUT2D eigenvalue weighted by atomic mass is 10.6. The zero-order valence-corrected chi connectivity index (χ0v) is 5.89. The van der Waals surface area contributed by atoms with Gasteiger partial charge in [-0.1, -0.05) is 12.2 Å². The lowest BCUT2D eigenvalue weighted by Gasteiger charge is -2.01. The van der Waals surface area contributed by atoms with Gasteiger partial charge in [-0.15, -0.1) is 13.2 Å². The minimum Gasteiger partial charge on any atom is -0.335 e. The Balaban J connectivity index is 3.24. The van der Waals surface area contributed by atoms with Crippen LogP contribution in [0.15, 0.2) is 25.3 Å². The van der Waals surface area contributed by atoms with Crippen LogP contribution in [0.5, 0.6) is 0 Å². The van der Waals surface area contributed by atoms with E-state index in [0.717, 1.165) is 0 Å². The third-order valence-electron chi connectivity index (χ3n) is 0.814. The van der Waals surface area contributed by atoms with Crippen LogP contribution in [0.1, 0.15) is 0 Å². The molecule has 10 heavy (non-hydrogen) atoms. The van der Waals surface area contributed by atoms with Gasteiger partial charge in [0, 0.05) is 13.1 Å². The van der Waals surface area contributed by atoms with Gasteiger partial charge >= 0.3 is 6.03 Å². The first-order chi connectivity index (χ1) is 4.81. The largest absolute Gasteiger partial charge is 0.335 e. The lowest BCUT2D eigenvalue weighted by Crippen LogP contribution is -2.35. The minimum absolute atomic E-state index is 0.195. The summed E-state index contributed by atoms with van der Waals surface area (Å²) >= 11 is 0. The van der Waals surface area contributed by atoms with E-state index >= 15 is 0 Å². The van der Waals surface area contributed by atoms with Gasteiger partial charge in [0.1, 0.15) is 0 Å². The average Bonchev–Trinajstić information content (AvgIpc) is 1.97. The van der Waals surface area contributed by atoms with Gasteiger partial charge in [0.05, 0.1) is 0 Å². The molecular formula is C7H12N2O. The van der Waals surface area contributed by atoms with E-state index in [4.69, 9.17) is 0 Å². The smallest absolute Gasteiger partial charge is 0.315 e. The van der Waals surface area contributed by atoms with Gasteiger partial charge in [0.15, 0.2) is 0 Å². The highest BCUT2D eigenvalue weighted by Crippen LogP contribution is 1.65. The summed E-state index contributed by atoms with van der Waals surface area (Å²) in [6.45, 7) is 7.88. The van der Waals surface area contributed by atoms with Crippen LogP contribution in [0, 0.1) is 0 Å². The fourth-order valence-corrected chi connectivity index (χ4v) is 0.392. The Morgan fingerprint density at radius 3 is 1.90 bits per heavy atom. The summed E-state index contributed by atoms with van der Waals surface area (Å²) in [6, 6.07) is -0.195. The van der Waals surface area contributed by atoms with Crippen LogP contribution in [0.4, 0.5) is 4.79 Å². The monoisotopic (exact) mass is 142 g/mol. The van der Waals surface area contributed by atoms with Crippen molar-refractivity contribution in [2.45, 2.75) is 0 Å². The maximum absolute atomic E-state index is 10.6. The number of hydrogen-bond acceptors (Lipinski definition) is 1. The highest BCUT2D eigenvalue weighted by atomic mass is 16.4. The second kappa shape index (κ2) is 5.88. The molecule has 0 rings (SSSR count). The average molecular weight is 142 g/mol. The van der Waals surface area contributed by atoms with Gasteiger partial charge < -0.3 is 10.6 Å². The van der Waals surface area contributed by atoms with E-state index in [-0.39, 0.29) is 6.03 Å². The van der Waals surface area contributed by atoms with Crippen molar-refractivity contribution in [2.75, 3.05) is 13.1 Å². The second-order valence-electron chi connectivity index (χ2n) is 1.67. The Bertz CT molecular complexity index is 118. The molecule has 0 aliphatic heterocycles. The molecule has 56 valence electrons. The van der Waals surface area contributed by atoms with Gasteiger partial charge in [0.25, 0.3) is 0 Å². The summed E-state index contributed by atoms with van der Waals surface area (Å²) in [6.07, 6.45) is 3.24. The predicted molar refractivity (Wildman–Crippen MR) is 41.8 cm³/mol. The molecular weight excluding hydrogens is 130 g/mol. The molecule has 0 aromatic heterocycles. The SMILES string of the molecule is C=CCN[14C](=O)NCC=C. The van der Waals surface area contributed by atoms with Crippen molar-refractivity contribution < 1.29 is 4.79 Å². The van der Waals surface area contributed by atoms with Crippen LogP contribution in [0.25, 0.3) is 0 Å². The van der Waals surface area contributed by atoms with Crippen molar-refractivity contribution in [1.82, 2.24) is 10.6 Å². The summed E-state index contributed by atoms with van der Waals surface area (Å²) in [5, 5.41) is 5.10. The third kappa shape index (κ3) is 4.90. The molecule has 2 amide bonds. The zero-order chi connectivity index (χ0) is 7.82. The van der Waals surface area contributed by atoms with Crippen molar-refractivity contribution in [1.29, 1.82) is 0 Å². The Morgan fingerprint density at radius 1 is 1.20 bits per heavy atom. The van der Waals surface area contributed by atoms with Crippen molar-refractivity contribution in [3.05, 3.63) is 25.3 Å². The lowest BCUT2D eigenvalue weighted by molar-refractivity contribution is 0.243. The molecule has 0 heterocycles. The second-order valence-corrected chi connectivity index (χ2v) is 1.67. The standard InChI is InChI=1S/C7H12N2O/c1-3-5-8-7(10)9-6-4-2/h3-4H,1-2,5-6H2,(H2,8,9,10)/i7+2.